The van der Waals surface area contributed by atoms with Crippen molar-refractivity contribution < 1.29 is 18.2 Å². The molecule has 192 valence electrons. The van der Waals surface area contributed by atoms with Gasteiger partial charge < -0.3 is 20.4 Å². The van der Waals surface area contributed by atoms with Crippen molar-refractivity contribution in [2.45, 2.75) is 51.9 Å². The summed E-state index contributed by atoms with van der Waals surface area (Å²) in [5.74, 6) is 1.30. The zero-order valence-corrected chi connectivity index (χ0v) is 22.8. The molecule has 3 rings (SSSR count). The number of fused-ring (bicyclic) bond motifs is 1. The molecule has 1 aliphatic heterocycles. The summed E-state index contributed by atoms with van der Waals surface area (Å²) in [6.45, 7) is 7.05. The van der Waals surface area contributed by atoms with Gasteiger partial charge in [0.25, 0.3) is 0 Å². The molecule has 0 fully saturated rings. The zero-order chi connectivity index (χ0) is 27.1. The lowest BCUT2D eigenvalue weighted by Crippen LogP contribution is -2.23. The fraction of sp³-hybridized carbons (Fsp3) is 0.357. The van der Waals surface area contributed by atoms with Gasteiger partial charge in [-0.05, 0) is 58.4 Å². The van der Waals surface area contributed by atoms with Gasteiger partial charge in [0.05, 0.1) is 28.9 Å². The predicted molar refractivity (Wildman–Crippen MR) is 151 cm³/mol. The lowest BCUT2D eigenvalue weighted by atomic mass is 9.81. The van der Waals surface area contributed by atoms with E-state index < -0.39 is 5.97 Å². The summed E-state index contributed by atoms with van der Waals surface area (Å²) >= 11 is 2.65. The second kappa shape index (κ2) is 21.6. The van der Waals surface area contributed by atoms with Crippen LogP contribution < -0.4 is 11.5 Å². The molecule has 0 saturated carbocycles. The second-order valence-electron chi connectivity index (χ2n) is 7.65. The van der Waals surface area contributed by atoms with Gasteiger partial charge >= 0.3 is 17.5 Å². The maximum absolute atomic E-state index is 9.93. The van der Waals surface area contributed by atoms with Crippen LogP contribution in [-0.2, 0) is 18.5 Å². The Morgan fingerprint density at radius 3 is 2.06 bits per heavy atom. The summed E-state index contributed by atoms with van der Waals surface area (Å²) in [5.41, 5.74) is 12.7. The standard InChI is InChI=1S/C13H15O.C6H13NO2.C6H7N.C2H2.CH3BrO/c1-4-7-12-13(2,3)10-8-5-6-9-11(10)14-12;7-5-3-1-2-4-6(8)9;7-6-4-2-1-3-5-6;1-2;1-3-2/h4-9H,1-3H3;1-5,7H2,(H,8,9);1-5H,7H2;1-2H;1H3/q+1;;;;. The highest BCUT2D eigenvalue weighted by Crippen LogP contribution is 2.38. The first-order chi connectivity index (χ1) is 16.7. The molecular formula is C28H40BrN2O4+. The number of ketones is 1. The van der Waals surface area contributed by atoms with Gasteiger partial charge in [-0.2, -0.15) is 0 Å². The van der Waals surface area contributed by atoms with E-state index in [1.807, 2.05) is 61.5 Å². The Kier molecular flexibility index (Phi) is 21.1. The highest BCUT2D eigenvalue weighted by molar-refractivity contribution is 9.06. The third kappa shape index (κ3) is 15.6. The van der Waals surface area contributed by atoms with E-state index in [9.17, 15) is 4.79 Å². The normalized spacial score (nSPS) is 12.1. The van der Waals surface area contributed by atoms with Gasteiger partial charge in [0.15, 0.2) is 0 Å². The molecule has 1 aliphatic rings. The van der Waals surface area contributed by atoms with Crippen molar-refractivity contribution in [2.24, 2.45) is 5.73 Å². The summed E-state index contributed by atoms with van der Waals surface area (Å²) in [7, 11) is 1.54. The van der Waals surface area contributed by atoms with E-state index in [-0.39, 0.29) is 11.8 Å². The average molecular weight is 549 g/mol. The number of carboxylic acid groups (broad SMARTS) is 1. The average Bonchev–Trinajstić information content (AvgIpc) is 3.10. The minimum atomic E-state index is -0.716. The molecule has 35 heavy (non-hydrogen) atoms. The molecule has 7 heteroatoms. The molecule has 0 unspecified atom stereocenters. The molecule has 0 spiro atoms. The van der Waals surface area contributed by atoms with Crippen molar-refractivity contribution in [1.29, 1.82) is 0 Å². The highest BCUT2D eigenvalue weighted by Gasteiger charge is 2.45. The van der Waals surface area contributed by atoms with Gasteiger partial charge in [-0.25, -0.2) is 4.42 Å². The first-order valence-corrected chi connectivity index (χ1v) is 11.9. The van der Waals surface area contributed by atoms with Gasteiger partial charge in [0.1, 0.15) is 5.41 Å². The number of anilines is 1. The van der Waals surface area contributed by atoms with Crippen molar-refractivity contribution in [3.8, 4) is 18.6 Å². The number of allylic oxidation sites excluding steroid dienone is 2. The van der Waals surface area contributed by atoms with E-state index in [0.29, 0.717) is 6.54 Å². The number of rotatable bonds is 6. The molecular weight excluding hydrogens is 508 g/mol. The van der Waals surface area contributed by atoms with E-state index in [2.05, 4.69) is 58.9 Å². The number of carbonyl (C=O) groups excluding carboxylic acids is 1. The molecule has 6 nitrogen and oxygen atoms in total. The van der Waals surface area contributed by atoms with Crippen LogP contribution in [-0.4, -0.2) is 30.5 Å². The Morgan fingerprint density at radius 2 is 1.63 bits per heavy atom. The number of hydrogen-bond donors (Lipinski definition) is 3. The van der Waals surface area contributed by atoms with Crippen molar-refractivity contribution in [3.63, 3.8) is 0 Å². The number of nitrogen functional groups attached to an aromatic ring is 1. The van der Waals surface area contributed by atoms with Gasteiger partial charge in [-0.15, -0.1) is 12.8 Å². The maximum Gasteiger partial charge on any atom is 0.357 e. The lowest BCUT2D eigenvalue weighted by molar-refractivity contribution is -0.362. The molecule has 0 bridgehead atoms. The molecule has 1 heterocycles. The molecule has 0 aliphatic carbocycles. The first-order valence-electron chi connectivity index (χ1n) is 11.2. The van der Waals surface area contributed by atoms with Crippen molar-refractivity contribution in [3.05, 3.63) is 72.3 Å². The topological polar surface area (TPSA) is 110 Å². The molecule has 2 aromatic carbocycles. The van der Waals surface area contributed by atoms with Crippen molar-refractivity contribution >= 4 is 33.7 Å². The smallest absolute Gasteiger partial charge is 0.357 e. The summed E-state index contributed by atoms with van der Waals surface area (Å²) < 4.78 is 9.85. The Hall–Kier alpha value is -2.92. The first kappa shape index (κ1) is 34.2. The summed E-state index contributed by atoms with van der Waals surface area (Å²) in [6.07, 6.45) is 15.0. The molecule has 0 saturated heterocycles. The Morgan fingerprint density at radius 1 is 1.09 bits per heavy atom. The number of carbonyl (C=O) groups is 1. The Bertz CT molecular complexity index is 894. The number of aliphatic carboxylic acids is 1. The van der Waals surface area contributed by atoms with Gasteiger partial charge in [0.2, 0.25) is 0 Å². The minimum absolute atomic E-state index is 0.00308. The number of terminal acetylenes is 1. The van der Waals surface area contributed by atoms with Crippen LogP contribution in [0.4, 0.5) is 5.69 Å². The summed E-state index contributed by atoms with van der Waals surface area (Å²) in [6, 6.07) is 17.7. The largest absolute Gasteiger partial charge is 0.481 e. The monoisotopic (exact) mass is 547 g/mol. The fourth-order valence-electron chi connectivity index (χ4n) is 2.89. The molecule has 2 aromatic rings. The molecule has 0 aromatic heterocycles. The van der Waals surface area contributed by atoms with Crippen LogP contribution in [0.15, 0.2) is 66.7 Å². The number of benzene rings is 2. The number of unbranched alkanes of at least 4 members (excludes halogenated alkanes) is 2. The number of nitrogens with two attached hydrogens (primary N) is 2. The second-order valence-corrected chi connectivity index (χ2v) is 8.29. The van der Waals surface area contributed by atoms with E-state index in [4.69, 9.17) is 21.0 Å². The highest BCUT2D eigenvalue weighted by atomic mass is 79.9. The number of halogens is 1. The van der Waals surface area contributed by atoms with Crippen LogP contribution in [0.2, 0.25) is 0 Å². The van der Waals surface area contributed by atoms with Crippen LogP contribution >= 0.6 is 16.3 Å². The number of hydrogen-bond acceptors (Lipinski definition) is 4. The zero-order valence-electron chi connectivity index (χ0n) is 21.2. The van der Waals surface area contributed by atoms with Gasteiger partial charge in [-0.1, -0.05) is 42.8 Å². The molecule has 0 amide bonds. The molecule has 0 atom stereocenters. The Labute approximate surface area is 219 Å². The SMILES string of the molecule is C#C.CC=CC1=[O+]c2ccccc2C1(C)C.COBr.NCCCCCC(=O)O.Nc1ccccc1. The minimum Gasteiger partial charge on any atom is -0.481 e. The van der Waals surface area contributed by atoms with Crippen molar-refractivity contribution in [2.75, 3.05) is 19.4 Å². The lowest BCUT2D eigenvalue weighted by Gasteiger charge is -2.10. The predicted octanol–water partition coefficient (Wildman–Crippen LogP) is 6.42. The third-order valence-corrected chi connectivity index (χ3v) is 4.61. The molecule has 0 radical (unpaired) electrons. The van der Waals surface area contributed by atoms with E-state index in [1.54, 1.807) is 7.11 Å². The number of carboxylic acids is 1. The van der Waals surface area contributed by atoms with Crippen molar-refractivity contribution in [1.82, 2.24) is 0 Å². The van der Waals surface area contributed by atoms with Crippen LogP contribution in [0.5, 0.6) is 5.75 Å². The Balaban J connectivity index is 0. The third-order valence-electron chi connectivity index (χ3n) is 4.61. The van der Waals surface area contributed by atoms with E-state index in [0.717, 1.165) is 36.5 Å². The summed E-state index contributed by atoms with van der Waals surface area (Å²) in [5, 5.41) is 8.18. The molecule has 5 N–H and O–H groups in total. The van der Waals surface area contributed by atoms with Crippen LogP contribution in [0.25, 0.3) is 0 Å². The van der Waals surface area contributed by atoms with E-state index >= 15 is 0 Å². The van der Waals surface area contributed by atoms with Gasteiger partial charge in [0, 0.05) is 24.3 Å². The fourth-order valence-corrected chi connectivity index (χ4v) is 2.89. The van der Waals surface area contributed by atoms with E-state index in [1.165, 1.54) is 5.56 Å². The van der Waals surface area contributed by atoms with Gasteiger partial charge in [-0.3, -0.25) is 4.79 Å². The van der Waals surface area contributed by atoms with Crippen LogP contribution in [0, 0.1) is 12.8 Å². The maximum atomic E-state index is 9.93. The quantitative estimate of drug-likeness (QED) is 0.127. The number of para-hydroxylation sites is 2. The van der Waals surface area contributed by atoms with Crippen LogP contribution in [0.1, 0.15) is 52.0 Å². The van der Waals surface area contributed by atoms with Crippen LogP contribution in [0.3, 0.4) is 0 Å². The summed E-state index contributed by atoms with van der Waals surface area (Å²) in [4.78, 5) is 9.93.